The average Bonchev–Trinajstić information content (AvgIpc) is 2.90. The molecule has 0 saturated carbocycles. The molecule has 0 spiro atoms. The van der Waals surface area contributed by atoms with E-state index in [9.17, 15) is 4.79 Å². The SMILES string of the molecule is CC.CN1CCN(C(=O)c2cnn(CCN)c2)CC1. The molecule has 0 unspecified atom stereocenters. The van der Waals surface area contributed by atoms with Crippen molar-refractivity contribution in [2.45, 2.75) is 20.4 Å². The molecule has 6 heteroatoms. The summed E-state index contributed by atoms with van der Waals surface area (Å²) in [6, 6.07) is 0. The maximum absolute atomic E-state index is 12.1. The number of carbonyl (C=O) groups excluding carboxylic acids is 1. The van der Waals surface area contributed by atoms with Crippen molar-refractivity contribution < 1.29 is 4.79 Å². The third kappa shape index (κ3) is 4.33. The summed E-state index contributed by atoms with van der Waals surface area (Å²) in [6.07, 6.45) is 3.39. The molecule has 2 rings (SSSR count). The lowest BCUT2D eigenvalue weighted by atomic mass is 10.2. The van der Waals surface area contributed by atoms with E-state index >= 15 is 0 Å². The van der Waals surface area contributed by atoms with Gasteiger partial charge in [-0.2, -0.15) is 5.10 Å². The zero-order chi connectivity index (χ0) is 14.3. The van der Waals surface area contributed by atoms with Crippen molar-refractivity contribution in [1.29, 1.82) is 0 Å². The molecule has 108 valence electrons. The Kier molecular flexibility index (Phi) is 6.52. The Balaban J connectivity index is 0.000000861. The number of rotatable bonds is 3. The van der Waals surface area contributed by atoms with Crippen molar-refractivity contribution in [3.8, 4) is 0 Å². The van der Waals surface area contributed by atoms with Gasteiger partial charge in [-0.1, -0.05) is 13.8 Å². The Bertz CT molecular complexity index is 382. The predicted molar refractivity (Wildman–Crippen MR) is 76.0 cm³/mol. The number of nitrogens with zero attached hydrogens (tertiary/aromatic N) is 4. The number of likely N-dealkylation sites (N-methyl/N-ethyl adjacent to an activating group) is 1. The van der Waals surface area contributed by atoms with E-state index in [4.69, 9.17) is 5.73 Å². The molecule has 2 N–H and O–H groups in total. The van der Waals surface area contributed by atoms with Gasteiger partial charge < -0.3 is 15.5 Å². The van der Waals surface area contributed by atoms with Gasteiger partial charge in [-0.15, -0.1) is 0 Å². The summed E-state index contributed by atoms with van der Waals surface area (Å²) in [7, 11) is 2.07. The van der Waals surface area contributed by atoms with E-state index in [1.807, 2.05) is 18.7 Å². The molecule has 1 aromatic rings. The van der Waals surface area contributed by atoms with E-state index in [-0.39, 0.29) is 5.91 Å². The highest BCUT2D eigenvalue weighted by molar-refractivity contribution is 5.93. The highest BCUT2D eigenvalue weighted by Gasteiger charge is 2.21. The van der Waals surface area contributed by atoms with E-state index in [2.05, 4.69) is 17.0 Å². The molecule has 0 aromatic carbocycles. The molecule has 1 saturated heterocycles. The topological polar surface area (TPSA) is 67.4 Å². The van der Waals surface area contributed by atoms with Crippen molar-refractivity contribution in [2.75, 3.05) is 39.8 Å². The summed E-state index contributed by atoms with van der Waals surface area (Å²) in [5.74, 6) is 0.0707. The number of piperazine rings is 1. The van der Waals surface area contributed by atoms with Gasteiger partial charge in [0.25, 0.3) is 5.91 Å². The van der Waals surface area contributed by atoms with Gasteiger partial charge in [0.15, 0.2) is 0 Å². The third-order valence-electron chi connectivity index (χ3n) is 3.03. The fourth-order valence-electron chi connectivity index (χ4n) is 1.92. The quantitative estimate of drug-likeness (QED) is 0.853. The number of carbonyl (C=O) groups is 1. The monoisotopic (exact) mass is 267 g/mol. The van der Waals surface area contributed by atoms with Gasteiger partial charge in [0, 0.05) is 38.9 Å². The minimum absolute atomic E-state index is 0.0707. The smallest absolute Gasteiger partial charge is 0.257 e. The van der Waals surface area contributed by atoms with Crippen LogP contribution < -0.4 is 5.73 Å². The van der Waals surface area contributed by atoms with Crippen molar-refractivity contribution in [3.63, 3.8) is 0 Å². The first-order valence-corrected chi connectivity index (χ1v) is 6.91. The van der Waals surface area contributed by atoms with E-state index in [0.717, 1.165) is 26.2 Å². The summed E-state index contributed by atoms with van der Waals surface area (Å²) in [4.78, 5) is 16.2. The summed E-state index contributed by atoms with van der Waals surface area (Å²) in [6.45, 7) is 8.62. The van der Waals surface area contributed by atoms with Crippen molar-refractivity contribution in [1.82, 2.24) is 19.6 Å². The Morgan fingerprint density at radius 3 is 2.53 bits per heavy atom. The first-order chi connectivity index (χ1) is 9.20. The molecule has 19 heavy (non-hydrogen) atoms. The lowest BCUT2D eigenvalue weighted by molar-refractivity contribution is 0.0664. The fourth-order valence-corrected chi connectivity index (χ4v) is 1.92. The van der Waals surface area contributed by atoms with Gasteiger partial charge in [0.1, 0.15) is 0 Å². The molecular weight excluding hydrogens is 242 g/mol. The third-order valence-corrected chi connectivity index (χ3v) is 3.03. The van der Waals surface area contributed by atoms with Crippen molar-refractivity contribution in [3.05, 3.63) is 18.0 Å². The maximum atomic E-state index is 12.1. The van der Waals surface area contributed by atoms with Crippen LogP contribution in [0.3, 0.4) is 0 Å². The highest BCUT2D eigenvalue weighted by Crippen LogP contribution is 2.07. The lowest BCUT2D eigenvalue weighted by Crippen LogP contribution is -2.47. The van der Waals surface area contributed by atoms with E-state index in [1.165, 1.54) is 0 Å². The number of hydrogen-bond acceptors (Lipinski definition) is 4. The summed E-state index contributed by atoms with van der Waals surface area (Å²) in [5, 5.41) is 4.12. The zero-order valence-corrected chi connectivity index (χ0v) is 12.2. The number of aromatic nitrogens is 2. The molecule has 1 aliphatic rings. The Morgan fingerprint density at radius 2 is 1.95 bits per heavy atom. The standard InChI is InChI=1S/C11H19N5O.C2H6/c1-14-4-6-15(7-5-14)11(17)10-8-13-16(9-10)3-2-12;1-2/h8-9H,2-7,12H2,1H3;1-2H3. The Hall–Kier alpha value is -1.40. The molecule has 0 atom stereocenters. The average molecular weight is 267 g/mol. The highest BCUT2D eigenvalue weighted by atomic mass is 16.2. The minimum atomic E-state index is 0.0707. The van der Waals surface area contributed by atoms with Gasteiger partial charge in [-0.3, -0.25) is 9.48 Å². The summed E-state index contributed by atoms with van der Waals surface area (Å²) in [5.41, 5.74) is 6.10. The molecule has 0 radical (unpaired) electrons. The van der Waals surface area contributed by atoms with Gasteiger partial charge in [0.05, 0.1) is 18.3 Å². The number of amides is 1. The molecule has 0 bridgehead atoms. The second-order valence-corrected chi connectivity index (χ2v) is 4.38. The van der Waals surface area contributed by atoms with E-state index < -0.39 is 0 Å². The predicted octanol–water partition coefficient (Wildman–Crippen LogP) is 0.256. The van der Waals surface area contributed by atoms with Crippen LogP contribution in [0.1, 0.15) is 24.2 Å². The Morgan fingerprint density at radius 1 is 1.32 bits per heavy atom. The first kappa shape index (κ1) is 15.7. The number of hydrogen-bond donors (Lipinski definition) is 1. The van der Waals surface area contributed by atoms with E-state index in [0.29, 0.717) is 18.7 Å². The molecule has 1 amide bonds. The van der Waals surface area contributed by atoms with Crippen LogP contribution in [0.15, 0.2) is 12.4 Å². The lowest BCUT2D eigenvalue weighted by Gasteiger charge is -2.32. The molecule has 2 heterocycles. The van der Waals surface area contributed by atoms with Gasteiger partial charge >= 0.3 is 0 Å². The van der Waals surface area contributed by atoms with Gasteiger partial charge in [-0.25, -0.2) is 0 Å². The second kappa shape index (κ2) is 7.91. The van der Waals surface area contributed by atoms with Gasteiger partial charge in [-0.05, 0) is 7.05 Å². The molecule has 6 nitrogen and oxygen atoms in total. The molecule has 1 aliphatic heterocycles. The second-order valence-electron chi connectivity index (χ2n) is 4.38. The van der Waals surface area contributed by atoms with Crippen LogP contribution in [0.5, 0.6) is 0 Å². The summed E-state index contributed by atoms with van der Waals surface area (Å²) >= 11 is 0. The normalized spacial score (nSPS) is 15.9. The van der Waals surface area contributed by atoms with Crippen molar-refractivity contribution in [2.24, 2.45) is 5.73 Å². The molecule has 1 aromatic heterocycles. The van der Waals surface area contributed by atoms with Crippen LogP contribution in [-0.2, 0) is 6.54 Å². The van der Waals surface area contributed by atoms with Crippen LogP contribution in [-0.4, -0.2) is 65.3 Å². The summed E-state index contributed by atoms with van der Waals surface area (Å²) < 4.78 is 1.71. The van der Waals surface area contributed by atoms with Crippen LogP contribution in [0.4, 0.5) is 0 Å². The van der Waals surface area contributed by atoms with Crippen LogP contribution in [0.25, 0.3) is 0 Å². The molecule has 0 aliphatic carbocycles. The van der Waals surface area contributed by atoms with Crippen LogP contribution in [0, 0.1) is 0 Å². The van der Waals surface area contributed by atoms with Crippen molar-refractivity contribution >= 4 is 5.91 Å². The first-order valence-electron chi connectivity index (χ1n) is 6.91. The van der Waals surface area contributed by atoms with Gasteiger partial charge in [0.2, 0.25) is 0 Å². The van der Waals surface area contributed by atoms with Crippen LogP contribution in [0.2, 0.25) is 0 Å². The minimum Gasteiger partial charge on any atom is -0.336 e. The van der Waals surface area contributed by atoms with Crippen LogP contribution >= 0.6 is 0 Å². The largest absolute Gasteiger partial charge is 0.336 e. The maximum Gasteiger partial charge on any atom is 0.257 e. The molecule has 1 fully saturated rings. The molecular formula is C13H25N5O. The van der Waals surface area contributed by atoms with E-state index in [1.54, 1.807) is 17.1 Å². The Labute approximate surface area is 115 Å². The zero-order valence-electron chi connectivity index (χ0n) is 12.2. The fraction of sp³-hybridized carbons (Fsp3) is 0.692. The number of nitrogens with two attached hydrogens (primary N) is 1.